The summed E-state index contributed by atoms with van der Waals surface area (Å²) in [6.07, 6.45) is 4.97. The monoisotopic (exact) mass is 357 g/mol. The van der Waals surface area contributed by atoms with Gasteiger partial charge in [0.15, 0.2) is 11.2 Å². The molecule has 0 radical (unpaired) electrons. The minimum absolute atomic E-state index is 0.347. The van der Waals surface area contributed by atoms with Crippen molar-refractivity contribution in [3.8, 4) is 0 Å². The van der Waals surface area contributed by atoms with E-state index in [1.807, 2.05) is 16.7 Å². The first-order valence-corrected chi connectivity index (χ1v) is 8.66. The standard InChI is InChI=1S/C18H23N5O3/c1-4-9-26-10-7-14-20-16-15(17(24)22(3)18(25)21(16)2)23(14)12-13-6-5-8-19-11-13/h5-6,8,11H,4,7,9-10,12H2,1-3H3. The fourth-order valence-corrected chi connectivity index (χ4v) is 2.94. The summed E-state index contributed by atoms with van der Waals surface area (Å²) < 4.78 is 9.96. The second-order valence-electron chi connectivity index (χ2n) is 6.22. The average Bonchev–Trinajstić information content (AvgIpc) is 3.01. The highest BCUT2D eigenvalue weighted by molar-refractivity contribution is 5.71. The molecule has 3 aromatic rings. The summed E-state index contributed by atoms with van der Waals surface area (Å²) >= 11 is 0. The van der Waals surface area contributed by atoms with E-state index in [0.717, 1.165) is 22.4 Å². The summed E-state index contributed by atoms with van der Waals surface area (Å²) in [7, 11) is 3.11. The quantitative estimate of drug-likeness (QED) is 0.585. The van der Waals surface area contributed by atoms with Crippen LogP contribution in [0.15, 0.2) is 34.1 Å². The molecule has 0 amide bonds. The van der Waals surface area contributed by atoms with Crippen molar-refractivity contribution in [2.75, 3.05) is 13.2 Å². The summed E-state index contributed by atoms with van der Waals surface area (Å²) in [6, 6.07) is 3.80. The van der Waals surface area contributed by atoms with E-state index in [1.165, 1.54) is 11.6 Å². The van der Waals surface area contributed by atoms with Crippen molar-refractivity contribution in [1.82, 2.24) is 23.7 Å². The molecule has 0 saturated carbocycles. The number of pyridine rings is 1. The summed E-state index contributed by atoms with van der Waals surface area (Å²) in [5.74, 6) is 0.721. The number of imidazole rings is 1. The molecule has 138 valence electrons. The molecule has 8 nitrogen and oxygen atoms in total. The van der Waals surface area contributed by atoms with Crippen LogP contribution in [0.2, 0.25) is 0 Å². The smallest absolute Gasteiger partial charge is 0.332 e. The molecule has 0 aromatic carbocycles. The molecule has 0 aliphatic carbocycles. The predicted octanol–water partition coefficient (Wildman–Crippen LogP) is 0.846. The zero-order chi connectivity index (χ0) is 18.7. The molecule has 0 bridgehead atoms. The van der Waals surface area contributed by atoms with Gasteiger partial charge in [0.25, 0.3) is 5.56 Å². The van der Waals surface area contributed by atoms with Gasteiger partial charge in [-0.1, -0.05) is 13.0 Å². The van der Waals surface area contributed by atoms with E-state index in [2.05, 4.69) is 16.9 Å². The second-order valence-corrected chi connectivity index (χ2v) is 6.22. The first-order valence-electron chi connectivity index (χ1n) is 8.66. The SMILES string of the molecule is CCCOCCc1nc2c(c(=O)n(C)c(=O)n2C)n1Cc1cccnc1. The Morgan fingerprint density at radius 1 is 1.15 bits per heavy atom. The maximum atomic E-state index is 12.7. The van der Waals surface area contributed by atoms with E-state index in [-0.39, 0.29) is 11.2 Å². The largest absolute Gasteiger partial charge is 0.381 e. The van der Waals surface area contributed by atoms with Crippen LogP contribution in [0.3, 0.4) is 0 Å². The van der Waals surface area contributed by atoms with Gasteiger partial charge < -0.3 is 9.30 Å². The van der Waals surface area contributed by atoms with Crippen LogP contribution in [0.4, 0.5) is 0 Å². The molecule has 0 unspecified atom stereocenters. The minimum Gasteiger partial charge on any atom is -0.381 e. The summed E-state index contributed by atoms with van der Waals surface area (Å²) in [5, 5.41) is 0. The highest BCUT2D eigenvalue weighted by atomic mass is 16.5. The molecule has 26 heavy (non-hydrogen) atoms. The van der Waals surface area contributed by atoms with Gasteiger partial charge in [-0.15, -0.1) is 0 Å². The van der Waals surface area contributed by atoms with Crippen molar-refractivity contribution in [3.05, 3.63) is 56.8 Å². The molecule has 0 fully saturated rings. The van der Waals surface area contributed by atoms with Crippen LogP contribution in [0.5, 0.6) is 0 Å². The Morgan fingerprint density at radius 3 is 2.65 bits per heavy atom. The molecule has 3 heterocycles. The molecule has 0 aliphatic heterocycles. The third kappa shape index (κ3) is 3.32. The zero-order valence-electron chi connectivity index (χ0n) is 15.3. The molecule has 0 N–H and O–H groups in total. The van der Waals surface area contributed by atoms with Crippen LogP contribution in [0.25, 0.3) is 11.2 Å². The highest BCUT2D eigenvalue weighted by Crippen LogP contribution is 2.14. The number of hydrogen-bond acceptors (Lipinski definition) is 5. The molecule has 8 heteroatoms. The molecule has 3 rings (SSSR count). The number of aryl methyl sites for hydroxylation is 1. The summed E-state index contributed by atoms with van der Waals surface area (Å²) in [6.45, 7) is 3.71. The molecular formula is C18H23N5O3. The third-order valence-corrected chi connectivity index (χ3v) is 4.31. The lowest BCUT2D eigenvalue weighted by atomic mass is 10.2. The van der Waals surface area contributed by atoms with Crippen molar-refractivity contribution in [2.24, 2.45) is 14.1 Å². The van der Waals surface area contributed by atoms with E-state index in [9.17, 15) is 9.59 Å². The average molecular weight is 357 g/mol. The van der Waals surface area contributed by atoms with Gasteiger partial charge in [0.2, 0.25) is 0 Å². The molecule has 0 atom stereocenters. The van der Waals surface area contributed by atoms with Crippen LogP contribution in [-0.4, -0.2) is 36.9 Å². The van der Waals surface area contributed by atoms with E-state index in [1.54, 1.807) is 19.4 Å². The predicted molar refractivity (Wildman–Crippen MR) is 98.4 cm³/mol. The van der Waals surface area contributed by atoms with Crippen molar-refractivity contribution < 1.29 is 4.74 Å². The number of aromatic nitrogens is 5. The van der Waals surface area contributed by atoms with Gasteiger partial charge in [-0.05, 0) is 18.1 Å². The minimum atomic E-state index is -0.387. The topological polar surface area (TPSA) is 83.9 Å². The Morgan fingerprint density at radius 2 is 1.96 bits per heavy atom. The fourth-order valence-electron chi connectivity index (χ4n) is 2.94. The number of ether oxygens (including phenoxy) is 1. The number of hydrogen-bond donors (Lipinski definition) is 0. The Bertz CT molecular complexity index is 1020. The van der Waals surface area contributed by atoms with Crippen molar-refractivity contribution in [3.63, 3.8) is 0 Å². The van der Waals surface area contributed by atoms with Gasteiger partial charge in [0.1, 0.15) is 5.82 Å². The van der Waals surface area contributed by atoms with E-state index < -0.39 is 0 Å². The van der Waals surface area contributed by atoms with E-state index in [4.69, 9.17) is 4.74 Å². The first-order chi connectivity index (χ1) is 12.5. The van der Waals surface area contributed by atoms with Crippen molar-refractivity contribution in [1.29, 1.82) is 0 Å². The van der Waals surface area contributed by atoms with Crippen LogP contribution in [0.1, 0.15) is 24.7 Å². The lowest BCUT2D eigenvalue weighted by Gasteiger charge is -2.10. The van der Waals surface area contributed by atoms with Crippen molar-refractivity contribution in [2.45, 2.75) is 26.3 Å². The molecule has 0 spiro atoms. The van der Waals surface area contributed by atoms with E-state index >= 15 is 0 Å². The molecular weight excluding hydrogens is 334 g/mol. The van der Waals surface area contributed by atoms with Crippen LogP contribution >= 0.6 is 0 Å². The van der Waals surface area contributed by atoms with Crippen LogP contribution < -0.4 is 11.2 Å². The first kappa shape index (κ1) is 18.1. The van der Waals surface area contributed by atoms with Crippen molar-refractivity contribution >= 4 is 11.2 Å². The number of nitrogens with zero attached hydrogens (tertiary/aromatic N) is 5. The zero-order valence-corrected chi connectivity index (χ0v) is 15.3. The van der Waals surface area contributed by atoms with Gasteiger partial charge in [-0.25, -0.2) is 9.78 Å². The van der Waals surface area contributed by atoms with Gasteiger partial charge in [-0.2, -0.15) is 0 Å². The maximum absolute atomic E-state index is 12.7. The second kappa shape index (κ2) is 7.65. The fraction of sp³-hybridized carbons (Fsp3) is 0.444. The van der Waals surface area contributed by atoms with Gasteiger partial charge in [0.05, 0.1) is 13.2 Å². The Hall–Kier alpha value is -2.74. The molecule has 3 aromatic heterocycles. The Labute approximate surface area is 150 Å². The van der Waals surface area contributed by atoms with E-state index in [0.29, 0.717) is 37.3 Å². The molecule has 0 aliphatic rings. The van der Waals surface area contributed by atoms with Gasteiger partial charge in [0, 0.05) is 39.5 Å². The molecule has 0 saturated heterocycles. The Balaban J connectivity index is 2.13. The normalized spacial score (nSPS) is 11.3. The van der Waals surface area contributed by atoms with Crippen LogP contribution in [-0.2, 0) is 31.8 Å². The van der Waals surface area contributed by atoms with Gasteiger partial charge >= 0.3 is 5.69 Å². The Kier molecular flexibility index (Phi) is 5.32. The van der Waals surface area contributed by atoms with Crippen LogP contribution in [0, 0.1) is 0 Å². The van der Waals surface area contributed by atoms with Gasteiger partial charge in [-0.3, -0.25) is 18.9 Å². The maximum Gasteiger partial charge on any atom is 0.332 e. The lowest BCUT2D eigenvalue weighted by Crippen LogP contribution is -2.37. The lowest BCUT2D eigenvalue weighted by molar-refractivity contribution is 0.136. The summed E-state index contributed by atoms with van der Waals surface area (Å²) in [4.78, 5) is 33.7. The summed E-state index contributed by atoms with van der Waals surface area (Å²) in [5.41, 5.74) is 1.04. The highest BCUT2D eigenvalue weighted by Gasteiger charge is 2.19. The third-order valence-electron chi connectivity index (χ3n) is 4.31. The number of fused-ring (bicyclic) bond motifs is 1. The number of rotatable bonds is 7.